The van der Waals surface area contributed by atoms with E-state index in [4.69, 9.17) is 5.73 Å². The quantitative estimate of drug-likeness (QED) is 0.880. The van der Waals surface area contributed by atoms with Crippen molar-refractivity contribution in [3.8, 4) is 5.69 Å². The molecule has 2 aromatic rings. The normalized spacial score (nSPS) is 11.8. The Hall–Kier alpha value is -1.36. The van der Waals surface area contributed by atoms with Crippen LogP contribution in [-0.4, -0.2) is 15.0 Å². The predicted molar refractivity (Wildman–Crippen MR) is 76.9 cm³/mol. The van der Waals surface area contributed by atoms with Crippen LogP contribution in [0.4, 0.5) is 5.82 Å². The van der Waals surface area contributed by atoms with Gasteiger partial charge in [-0.1, -0.05) is 41.9 Å². The second kappa shape index (κ2) is 4.39. The van der Waals surface area contributed by atoms with Gasteiger partial charge in [0.25, 0.3) is 0 Å². The summed E-state index contributed by atoms with van der Waals surface area (Å²) in [6, 6.07) is 6.06. The molecule has 0 saturated carbocycles. The molecule has 96 valence electrons. The fraction of sp³-hybridized carbons (Fsp3) is 0.385. The fourth-order valence-electron chi connectivity index (χ4n) is 2.02. The summed E-state index contributed by atoms with van der Waals surface area (Å²) in [5.41, 5.74) is 8.91. The molecule has 1 aromatic heterocycles. The monoisotopic (exact) mass is 308 g/mol. The minimum atomic E-state index is -0.104. The van der Waals surface area contributed by atoms with Gasteiger partial charge in [-0.2, -0.15) is 0 Å². The van der Waals surface area contributed by atoms with Crippen molar-refractivity contribution in [1.82, 2.24) is 15.0 Å². The van der Waals surface area contributed by atoms with Crippen molar-refractivity contribution in [1.29, 1.82) is 0 Å². The molecule has 0 amide bonds. The smallest absolute Gasteiger partial charge is 0.170 e. The molecular weight excluding hydrogens is 292 g/mol. The predicted octanol–water partition coefficient (Wildman–Crippen LogP) is 3.22. The summed E-state index contributed by atoms with van der Waals surface area (Å²) in [6.07, 6.45) is 0. The van der Waals surface area contributed by atoms with Gasteiger partial charge in [-0.25, -0.2) is 4.68 Å². The van der Waals surface area contributed by atoms with Gasteiger partial charge < -0.3 is 5.73 Å². The summed E-state index contributed by atoms with van der Waals surface area (Å²) in [4.78, 5) is 0. The van der Waals surface area contributed by atoms with Crippen molar-refractivity contribution in [2.75, 3.05) is 5.73 Å². The van der Waals surface area contributed by atoms with Crippen molar-refractivity contribution in [2.24, 2.45) is 0 Å². The van der Waals surface area contributed by atoms with E-state index in [0.29, 0.717) is 5.82 Å². The van der Waals surface area contributed by atoms with Gasteiger partial charge in [0.1, 0.15) is 0 Å². The molecule has 2 N–H and O–H groups in total. The molecule has 0 radical (unpaired) electrons. The minimum absolute atomic E-state index is 0.104. The lowest BCUT2D eigenvalue weighted by atomic mass is 9.91. The number of hydrogen-bond acceptors (Lipinski definition) is 3. The van der Waals surface area contributed by atoms with Crippen LogP contribution in [0.25, 0.3) is 5.69 Å². The molecule has 0 aliphatic rings. The van der Waals surface area contributed by atoms with Gasteiger partial charge >= 0.3 is 0 Å². The van der Waals surface area contributed by atoms with Crippen LogP contribution in [0.5, 0.6) is 0 Å². The standard InChI is InChI=1S/C13H17BrN4/c1-8-7-9(14)5-6-10(8)18-11(13(2,3)4)12(15)16-17-18/h5-7H,15H2,1-4H3. The van der Waals surface area contributed by atoms with Gasteiger partial charge in [0.15, 0.2) is 5.82 Å². The molecule has 4 nitrogen and oxygen atoms in total. The topological polar surface area (TPSA) is 56.7 Å². The van der Waals surface area contributed by atoms with E-state index in [-0.39, 0.29) is 5.41 Å². The van der Waals surface area contributed by atoms with Gasteiger partial charge in [0, 0.05) is 9.89 Å². The van der Waals surface area contributed by atoms with E-state index in [9.17, 15) is 0 Å². The van der Waals surface area contributed by atoms with Crippen LogP contribution in [0, 0.1) is 6.92 Å². The number of halogens is 1. The lowest BCUT2D eigenvalue weighted by Gasteiger charge is -2.20. The van der Waals surface area contributed by atoms with Crippen LogP contribution in [0.15, 0.2) is 22.7 Å². The van der Waals surface area contributed by atoms with Crippen LogP contribution in [0.1, 0.15) is 32.0 Å². The zero-order valence-corrected chi connectivity index (χ0v) is 12.6. The Bertz CT molecular complexity index is 581. The molecule has 0 bridgehead atoms. The van der Waals surface area contributed by atoms with E-state index in [1.54, 1.807) is 0 Å². The summed E-state index contributed by atoms with van der Waals surface area (Å²) in [7, 11) is 0. The maximum atomic E-state index is 5.94. The summed E-state index contributed by atoms with van der Waals surface area (Å²) in [5.74, 6) is 0.491. The summed E-state index contributed by atoms with van der Waals surface area (Å²) in [6.45, 7) is 8.36. The molecular formula is C13H17BrN4. The molecule has 0 aliphatic carbocycles. The second-order valence-electron chi connectivity index (χ2n) is 5.42. The Labute approximate surface area is 115 Å². The number of rotatable bonds is 1. The van der Waals surface area contributed by atoms with Crippen molar-refractivity contribution in [3.05, 3.63) is 33.9 Å². The van der Waals surface area contributed by atoms with Crippen molar-refractivity contribution in [3.63, 3.8) is 0 Å². The first-order chi connectivity index (χ1) is 8.30. The lowest BCUT2D eigenvalue weighted by molar-refractivity contribution is 0.544. The minimum Gasteiger partial charge on any atom is -0.381 e. The van der Waals surface area contributed by atoms with Gasteiger partial charge in [-0.3, -0.25) is 0 Å². The highest BCUT2D eigenvalue weighted by Gasteiger charge is 2.25. The third kappa shape index (κ3) is 2.27. The molecule has 0 unspecified atom stereocenters. The SMILES string of the molecule is Cc1cc(Br)ccc1-n1nnc(N)c1C(C)(C)C. The summed E-state index contributed by atoms with van der Waals surface area (Å²) in [5, 5.41) is 8.17. The van der Waals surface area contributed by atoms with Crippen molar-refractivity contribution in [2.45, 2.75) is 33.1 Å². The molecule has 1 aromatic carbocycles. The van der Waals surface area contributed by atoms with Gasteiger partial charge in [0.2, 0.25) is 0 Å². The molecule has 18 heavy (non-hydrogen) atoms. The fourth-order valence-corrected chi connectivity index (χ4v) is 2.50. The average molecular weight is 309 g/mol. The van der Waals surface area contributed by atoms with Crippen LogP contribution < -0.4 is 5.73 Å². The number of benzene rings is 1. The van der Waals surface area contributed by atoms with E-state index in [1.165, 1.54) is 0 Å². The Kier molecular flexibility index (Phi) is 3.19. The van der Waals surface area contributed by atoms with Gasteiger partial charge in [0.05, 0.1) is 11.4 Å². The van der Waals surface area contributed by atoms with E-state index in [2.05, 4.69) is 53.1 Å². The average Bonchev–Trinajstić information content (AvgIpc) is 2.59. The highest BCUT2D eigenvalue weighted by atomic mass is 79.9. The Morgan fingerprint density at radius 1 is 1.28 bits per heavy atom. The molecule has 0 spiro atoms. The van der Waals surface area contributed by atoms with Crippen molar-refractivity contribution < 1.29 is 0 Å². The van der Waals surface area contributed by atoms with Crippen LogP contribution in [-0.2, 0) is 5.41 Å². The number of nitrogens with zero attached hydrogens (tertiary/aromatic N) is 3. The van der Waals surface area contributed by atoms with Crippen LogP contribution in [0.2, 0.25) is 0 Å². The van der Waals surface area contributed by atoms with Crippen LogP contribution in [0.3, 0.4) is 0 Å². The molecule has 2 rings (SSSR count). The largest absolute Gasteiger partial charge is 0.381 e. The third-order valence-corrected chi connectivity index (χ3v) is 3.29. The van der Waals surface area contributed by atoms with Gasteiger partial charge in [-0.05, 0) is 30.7 Å². The third-order valence-electron chi connectivity index (χ3n) is 2.79. The van der Waals surface area contributed by atoms with E-state index < -0.39 is 0 Å². The lowest BCUT2D eigenvalue weighted by Crippen LogP contribution is -2.19. The molecule has 1 heterocycles. The maximum absolute atomic E-state index is 5.94. The Morgan fingerprint density at radius 3 is 2.50 bits per heavy atom. The molecule has 0 saturated heterocycles. The first kappa shape index (κ1) is 13.1. The zero-order chi connectivity index (χ0) is 13.5. The van der Waals surface area contributed by atoms with Crippen molar-refractivity contribution >= 4 is 21.7 Å². The first-order valence-corrected chi connectivity index (χ1v) is 6.58. The number of aromatic nitrogens is 3. The molecule has 0 fully saturated rings. The molecule has 5 heteroatoms. The van der Waals surface area contributed by atoms with Gasteiger partial charge in [-0.15, -0.1) is 5.10 Å². The van der Waals surface area contributed by atoms with E-state index in [1.807, 2.05) is 23.7 Å². The number of nitrogens with two attached hydrogens (primary N) is 1. The van der Waals surface area contributed by atoms with E-state index in [0.717, 1.165) is 21.4 Å². The Balaban J connectivity index is 2.65. The van der Waals surface area contributed by atoms with E-state index >= 15 is 0 Å². The number of hydrogen-bond donors (Lipinski definition) is 1. The molecule has 0 atom stereocenters. The highest BCUT2D eigenvalue weighted by molar-refractivity contribution is 9.10. The first-order valence-electron chi connectivity index (χ1n) is 5.79. The summed E-state index contributed by atoms with van der Waals surface area (Å²) < 4.78 is 2.88. The Morgan fingerprint density at radius 2 is 1.94 bits per heavy atom. The number of nitrogen functional groups attached to an aromatic ring is 1. The number of anilines is 1. The maximum Gasteiger partial charge on any atom is 0.170 e. The second-order valence-corrected chi connectivity index (χ2v) is 6.33. The molecule has 0 aliphatic heterocycles. The zero-order valence-electron chi connectivity index (χ0n) is 11.0. The highest BCUT2D eigenvalue weighted by Crippen LogP contribution is 2.29. The van der Waals surface area contributed by atoms with Crippen LogP contribution >= 0.6 is 15.9 Å². The summed E-state index contributed by atoms with van der Waals surface area (Å²) >= 11 is 3.46. The number of aryl methyl sites for hydroxylation is 1.